The molecule has 318 valence electrons. The van der Waals surface area contributed by atoms with Crippen LogP contribution in [0.25, 0.3) is 10.9 Å². The largest absolute Gasteiger partial charge is 0.357 e. The van der Waals surface area contributed by atoms with Gasteiger partial charge in [-0.05, 0) is 116 Å². The highest BCUT2D eigenvalue weighted by Gasteiger charge is 2.46. The molecule has 10 rings (SSSR count). The van der Waals surface area contributed by atoms with Crippen LogP contribution in [0, 0.1) is 11.7 Å². The molecule has 0 radical (unpaired) electrons. The number of H-pyrrole nitrogens is 1. The normalized spacial score (nSPS) is 26.3. The Morgan fingerprint density at radius 2 is 1.54 bits per heavy atom. The zero-order valence-electron chi connectivity index (χ0n) is 34.1. The van der Waals surface area contributed by atoms with Crippen molar-refractivity contribution >= 4 is 40.4 Å². The van der Waals surface area contributed by atoms with Gasteiger partial charge in [-0.15, -0.1) is 0 Å². The average Bonchev–Trinajstić information content (AvgIpc) is 3.91. The molecule has 3 fully saturated rings. The van der Waals surface area contributed by atoms with Crippen molar-refractivity contribution in [3.8, 4) is 0 Å². The molecule has 1 aromatic heterocycles. The number of benzene rings is 3. The Morgan fingerprint density at radius 1 is 0.852 bits per heavy atom. The Labute approximate surface area is 351 Å². The van der Waals surface area contributed by atoms with Gasteiger partial charge in [0.15, 0.2) is 0 Å². The van der Waals surface area contributed by atoms with Crippen molar-refractivity contribution in [1.82, 2.24) is 29.9 Å². The van der Waals surface area contributed by atoms with Crippen molar-refractivity contribution in [2.24, 2.45) is 5.92 Å². The zero-order chi connectivity index (χ0) is 42.3. The van der Waals surface area contributed by atoms with Crippen LogP contribution >= 0.6 is 0 Å². The highest BCUT2D eigenvalue weighted by molar-refractivity contribution is 6.23. The van der Waals surface area contributed by atoms with E-state index < -0.39 is 48.7 Å². The number of aromatic nitrogens is 1. The third-order valence-electron chi connectivity index (χ3n) is 14.5. The summed E-state index contributed by atoms with van der Waals surface area (Å²) in [6, 6.07) is 15.3. The van der Waals surface area contributed by atoms with Crippen molar-refractivity contribution in [1.29, 1.82) is 0 Å². The number of likely N-dealkylation sites (tertiary alicyclic amines) is 1. The molecule has 2 saturated heterocycles. The number of carbonyl (C=O) groups is 5. The van der Waals surface area contributed by atoms with E-state index in [1.54, 1.807) is 17.0 Å². The second kappa shape index (κ2) is 15.5. The molecule has 4 aromatic rings. The fourth-order valence-electron chi connectivity index (χ4n) is 11.4. The molecule has 2 N–H and O–H groups in total. The minimum atomic E-state index is -2.53. The first-order chi connectivity index (χ1) is 29.4. The first-order valence-electron chi connectivity index (χ1n) is 21.8. The topological polar surface area (TPSA) is 126 Å². The van der Waals surface area contributed by atoms with Gasteiger partial charge in [0.25, 0.3) is 18.2 Å². The van der Waals surface area contributed by atoms with Crippen LogP contribution in [0.1, 0.15) is 124 Å². The maximum absolute atomic E-state index is 16.1. The predicted molar refractivity (Wildman–Crippen MR) is 219 cm³/mol. The summed E-state index contributed by atoms with van der Waals surface area (Å²) in [5.74, 6) is -2.36. The molecule has 61 heavy (non-hydrogen) atoms. The monoisotopic (exact) mass is 834 g/mol. The third-order valence-corrected chi connectivity index (χ3v) is 14.5. The van der Waals surface area contributed by atoms with Gasteiger partial charge in [0, 0.05) is 67.2 Å². The van der Waals surface area contributed by atoms with Gasteiger partial charge in [0.05, 0.1) is 23.7 Å². The zero-order valence-corrected chi connectivity index (χ0v) is 34.1. The summed E-state index contributed by atoms with van der Waals surface area (Å²) in [4.78, 5) is 75.3. The molecule has 6 aliphatic rings. The number of rotatable bonds is 7. The molecule has 0 bridgehead atoms. The number of hydrogen-bond acceptors (Lipinski definition) is 7. The maximum Gasteiger partial charge on any atom is 0.262 e. The second-order valence-electron chi connectivity index (χ2n) is 18.0. The first kappa shape index (κ1) is 39.8. The summed E-state index contributed by atoms with van der Waals surface area (Å²) in [6.45, 7) is 4.09. The molecular weight excluding hydrogens is 786 g/mol. The van der Waals surface area contributed by atoms with Gasteiger partial charge in [-0.1, -0.05) is 30.3 Å². The van der Waals surface area contributed by atoms with E-state index in [4.69, 9.17) is 0 Å². The molecule has 1 aliphatic carbocycles. The van der Waals surface area contributed by atoms with Gasteiger partial charge in [0.2, 0.25) is 17.7 Å². The Morgan fingerprint density at radius 3 is 2.20 bits per heavy atom. The van der Waals surface area contributed by atoms with Crippen LogP contribution in [0.5, 0.6) is 0 Å². The minimum absolute atomic E-state index is 0.0285. The van der Waals surface area contributed by atoms with Crippen LogP contribution < -0.4 is 5.32 Å². The van der Waals surface area contributed by atoms with Crippen LogP contribution in [0.4, 0.5) is 13.2 Å². The Kier molecular flexibility index (Phi) is 10.1. The number of amides is 5. The number of nitrogens with zero attached hydrogens (tertiary/aromatic N) is 4. The number of hydrogen-bond donors (Lipinski definition) is 2. The standard InChI is InChI=1S/C47H49F3N6O5/c1-25-18-34-33-4-2-3-5-38(33)51-42(34)43(55(25)24-40(49)50)28-10-11-32(37(48)21-28)26-6-8-27(9-7-26)45(59)53-16-14-31(15-17-53)54-22-29-19-35-36(20-30(29)23-54)47(61)56(46(35)60)39-12-13-41(57)52-44(39)58/h2-5,10-11,19-21,25-27,31,39-40,43,51H,6-9,12-18,22-24H2,1H3,(H,52,57,58)/t25-,26?,27?,39?,43-/m1/s1. The van der Waals surface area contributed by atoms with E-state index in [0.29, 0.717) is 80.5 Å². The van der Waals surface area contributed by atoms with Crippen molar-refractivity contribution in [3.63, 3.8) is 0 Å². The van der Waals surface area contributed by atoms with E-state index >= 15 is 4.39 Å². The van der Waals surface area contributed by atoms with Gasteiger partial charge in [-0.2, -0.15) is 0 Å². The van der Waals surface area contributed by atoms with E-state index in [1.165, 1.54) is 6.07 Å². The van der Waals surface area contributed by atoms with Crippen molar-refractivity contribution < 1.29 is 37.1 Å². The lowest BCUT2D eigenvalue weighted by Crippen LogP contribution is -2.54. The minimum Gasteiger partial charge on any atom is -0.357 e. The molecule has 3 aromatic carbocycles. The SMILES string of the molecule is C[C@@H]1Cc2c([nH]c3ccccc23)[C@@H](c2ccc(C3CCC(C(=O)N4CCC(N5Cc6cc7c(cc6C5)C(=O)N(C5CCC(=O)NC5=O)C7=O)CC4)CC3)c(F)c2)N1CC(F)F. The average molecular weight is 835 g/mol. The summed E-state index contributed by atoms with van der Waals surface area (Å²) >= 11 is 0. The molecule has 6 heterocycles. The number of nitrogens with one attached hydrogen (secondary N) is 2. The molecule has 5 aliphatic heterocycles. The quantitative estimate of drug-likeness (QED) is 0.202. The van der Waals surface area contributed by atoms with Crippen LogP contribution in [0.2, 0.25) is 0 Å². The Balaban J connectivity index is 0.746. The van der Waals surface area contributed by atoms with Crippen molar-refractivity contribution in [3.05, 3.63) is 105 Å². The highest BCUT2D eigenvalue weighted by atomic mass is 19.3. The Bertz CT molecular complexity index is 2430. The lowest BCUT2D eigenvalue weighted by Gasteiger charge is -2.41. The lowest BCUT2D eigenvalue weighted by atomic mass is 9.77. The van der Waals surface area contributed by atoms with Gasteiger partial charge >= 0.3 is 0 Å². The summed E-state index contributed by atoms with van der Waals surface area (Å²) in [5.41, 5.74) is 6.71. The maximum atomic E-state index is 16.1. The lowest BCUT2D eigenvalue weighted by molar-refractivity contribution is -0.138. The summed E-state index contributed by atoms with van der Waals surface area (Å²) in [6.07, 6.45) is 2.64. The number of piperidine rings is 2. The first-order valence-corrected chi connectivity index (χ1v) is 21.8. The number of carbonyl (C=O) groups excluding carboxylic acids is 5. The molecular formula is C47H49F3N6O5. The molecule has 0 spiro atoms. The van der Waals surface area contributed by atoms with Gasteiger partial charge in [-0.25, -0.2) is 13.2 Å². The predicted octanol–water partition coefficient (Wildman–Crippen LogP) is 6.59. The molecule has 1 saturated carbocycles. The fourth-order valence-corrected chi connectivity index (χ4v) is 11.4. The molecule has 1 unspecified atom stereocenters. The number of imide groups is 2. The number of halogens is 3. The Hall–Kier alpha value is -5.34. The van der Waals surface area contributed by atoms with Crippen molar-refractivity contribution in [2.45, 2.75) is 114 Å². The number of alkyl halides is 2. The smallest absolute Gasteiger partial charge is 0.262 e. The number of para-hydroxylation sites is 1. The number of aromatic amines is 1. The van der Waals surface area contributed by atoms with E-state index in [-0.39, 0.29) is 48.5 Å². The molecule has 11 nitrogen and oxygen atoms in total. The second-order valence-corrected chi connectivity index (χ2v) is 18.0. The van der Waals surface area contributed by atoms with Crippen LogP contribution in [0.3, 0.4) is 0 Å². The molecule has 5 amide bonds. The van der Waals surface area contributed by atoms with E-state index in [2.05, 4.69) is 15.2 Å². The van der Waals surface area contributed by atoms with Crippen LogP contribution in [-0.2, 0) is 33.9 Å². The highest BCUT2D eigenvalue weighted by Crippen LogP contribution is 2.44. The van der Waals surface area contributed by atoms with E-state index in [9.17, 15) is 32.8 Å². The number of fused-ring (bicyclic) bond motifs is 5. The molecule has 14 heteroatoms. The van der Waals surface area contributed by atoms with Gasteiger partial charge < -0.3 is 9.88 Å². The van der Waals surface area contributed by atoms with Crippen LogP contribution in [-0.4, -0.2) is 98.3 Å². The fraction of sp³-hybridized carbons (Fsp3) is 0.468. The van der Waals surface area contributed by atoms with Gasteiger partial charge in [0.1, 0.15) is 11.9 Å². The van der Waals surface area contributed by atoms with Crippen LogP contribution in [0.15, 0.2) is 54.6 Å². The summed E-state index contributed by atoms with van der Waals surface area (Å²) < 4.78 is 44.0. The van der Waals surface area contributed by atoms with E-state index in [0.717, 1.165) is 51.0 Å². The van der Waals surface area contributed by atoms with Crippen molar-refractivity contribution in [2.75, 3.05) is 19.6 Å². The van der Waals surface area contributed by atoms with Gasteiger partial charge in [-0.3, -0.25) is 44.0 Å². The summed E-state index contributed by atoms with van der Waals surface area (Å²) in [7, 11) is 0. The molecule has 3 atom stereocenters. The van der Waals surface area contributed by atoms with E-state index in [1.807, 2.05) is 48.2 Å². The third kappa shape index (κ3) is 6.95. The summed E-state index contributed by atoms with van der Waals surface area (Å²) in [5, 5.41) is 3.31.